The van der Waals surface area contributed by atoms with Crippen molar-refractivity contribution in [3.8, 4) is 0 Å². The summed E-state index contributed by atoms with van der Waals surface area (Å²) in [4.78, 5) is 12.9. The van der Waals surface area contributed by atoms with Crippen molar-refractivity contribution >= 4 is 29.0 Å². The standard InChI is InChI=1S/C28H32OP.ClHO4/c1-20-8-14-24(15-9-20)30(25-16-10-21(2)11-17-25,26-18-12-22(3)13-19-26)28-7-5-6-27(29)23(28)4;2-1(3,4)5/h8-19,23,28H,5-7H2,1-4H3;(H,2,3,4,5)/q+1;/p-1. The first-order valence-corrected chi connectivity index (χ1v) is 14.8. The normalized spacial score (nSPS) is 18.6. The molecule has 1 aliphatic rings. The van der Waals surface area contributed by atoms with E-state index in [1.807, 2.05) is 0 Å². The topological polar surface area (TPSA) is 109 Å². The van der Waals surface area contributed by atoms with Gasteiger partial charge in [-0.3, -0.25) is 4.79 Å². The molecule has 1 aliphatic carbocycles. The average Bonchev–Trinajstić information content (AvgIpc) is 2.79. The molecule has 7 heteroatoms. The number of aryl methyl sites for hydroxylation is 3. The smallest absolute Gasteiger partial charge is 0.139 e. The molecule has 2 atom stereocenters. The number of carbonyl (C=O) groups is 1. The zero-order valence-electron chi connectivity index (χ0n) is 20.6. The Balaban J connectivity index is 0.000000623. The van der Waals surface area contributed by atoms with Gasteiger partial charge in [0.15, 0.2) is 0 Å². The van der Waals surface area contributed by atoms with Gasteiger partial charge < -0.3 is 0 Å². The summed E-state index contributed by atoms with van der Waals surface area (Å²) < 4.78 is 34.0. The van der Waals surface area contributed by atoms with Crippen molar-refractivity contribution in [1.29, 1.82) is 0 Å². The van der Waals surface area contributed by atoms with E-state index in [0.717, 1.165) is 19.3 Å². The highest BCUT2D eigenvalue weighted by molar-refractivity contribution is 7.96. The third kappa shape index (κ3) is 6.56. The van der Waals surface area contributed by atoms with E-state index in [1.54, 1.807) is 0 Å². The fraction of sp³-hybridized carbons (Fsp3) is 0.321. The van der Waals surface area contributed by atoms with Crippen molar-refractivity contribution in [2.24, 2.45) is 5.92 Å². The third-order valence-corrected chi connectivity index (χ3v) is 11.9. The second kappa shape index (κ2) is 11.3. The molecule has 186 valence electrons. The van der Waals surface area contributed by atoms with Gasteiger partial charge in [-0.2, -0.15) is 0 Å². The van der Waals surface area contributed by atoms with Gasteiger partial charge in [0.25, 0.3) is 0 Å². The zero-order chi connectivity index (χ0) is 25.8. The van der Waals surface area contributed by atoms with Crippen molar-refractivity contribution in [3.63, 3.8) is 0 Å². The van der Waals surface area contributed by atoms with Crippen LogP contribution < -0.4 is 34.5 Å². The average molecular weight is 515 g/mol. The SMILES string of the molecule is Cc1ccc([P+](c2ccc(C)cc2)(c2ccc(C)cc2)C2CCCC(=O)C2C)cc1.[O-][Cl+3]([O-])([O-])[O-]. The molecule has 1 fully saturated rings. The number of hydrogen-bond donors (Lipinski definition) is 0. The second-order valence-electron chi connectivity index (χ2n) is 9.32. The first kappa shape index (κ1) is 27.5. The molecule has 0 radical (unpaired) electrons. The summed E-state index contributed by atoms with van der Waals surface area (Å²) in [6, 6.07) is 27.4. The lowest BCUT2D eigenvalue weighted by Gasteiger charge is -2.39. The Hall–Kier alpha value is -2.11. The van der Waals surface area contributed by atoms with Gasteiger partial charge in [-0.05, 0) is 70.0 Å². The van der Waals surface area contributed by atoms with Crippen molar-refractivity contribution in [2.75, 3.05) is 0 Å². The van der Waals surface area contributed by atoms with Crippen molar-refractivity contribution in [3.05, 3.63) is 89.5 Å². The predicted molar refractivity (Wildman–Crippen MR) is 131 cm³/mol. The van der Waals surface area contributed by atoms with Crippen molar-refractivity contribution in [1.82, 2.24) is 0 Å². The van der Waals surface area contributed by atoms with Crippen LogP contribution in [-0.2, 0) is 4.79 Å². The number of carbonyl (C=O) groups excluding carboxylic acids is 1. The minimum atomic E-state index is -4.94. The Morgan fingerprint density at radius 1 is 0.686 bits per heavy atom. The van der Waals surface area contributed by atoms with Crippen LogP contribution >= 0.6 is 7.26 Å². The summed E-state index contributed by atoms with van der Waals surface area (Å²) >= 11 is 0. The van der Waals surface area contributed by atoms with Crippen LogP contribution in [0.15, 0.2) is 72.8 Å². The van der Waals surface area contributed by atoms with Gasteiger partial charge in [0.2, 0.25) is 0 Å². The molecule has 5 nitrogen and oxygen atoms in total. The Morgan fingerprint density at radius 2 is 1.00 bits per heavy atom. The van der Waals surface area contributed by atoms with Crippen LogP contribution in [-0.4, -0.2) is 11.4 Å². The lowest BCUT2D eigenvalue weighted by atomic mass is 9.89. The molecule has 1 saturated carbocycles. The summed E-state index contributed by atoms with van der Waals surface area (Å²) in [6.07, 6.45) is 2.84. The summed E-state index contributed by atoms with van der Waals surface area (Å²) in [6.45, 7) is 8.62. The molecule has 0 aliphatic heterocycles. The number of hydrogen-bond acceptors (Lipinski definition) is 5. The minimum absolute atomic E-state index is 0.0796. The molecular weight excluding hydrogens is 483 g/mol. The highest BCUT2D eigenvalue weighted by atomic mass is 35.7. The van der Waals surface area contributed by atoms with Crippen LogP contribution in [0.3, 0.4) is 0 Å². The fourth-order valence-corrected chi connectivity index (χ4v) is 10.4. The quantitative estimate of drug-likeness (QED) is 0.481. The van der Waals surface area contributed by atoms with E-state index in [0.29, 0.717) is 11.4 Å². The number of Topliss-reactive ketones (excluding diaryl/α,β-unsaturated/α-hetero) is 1. The zero-order valence-corrected chi connectivity index (χ0v) is 22.2. The van der Waals surface area contributed by atoms with Crippen LogP contribution in [0.25, 0.3) is 0 Å². The van der Waals surface area contributed by atoms with Crippen molar-refractivity contribution in [2.45, 2.75) is 52.6 Å². The molecule has 2 unspecified atom stereocenters. The fourth-order valence-electron chi connectivity index (χ4n) is 5.07. The second-order valence-corrected chi connectivity index (χ2v) is 13.7. The first-order chi connectivity index (χ1) is 16.4. The number of ketones is 1. The first-order valence-electron chi connectivity index (χ1n) is 11.7. The highest BCUT2D eigenvalue weighted by Gasteiger charge is 2.56. The highest BCUT2D eigenvalue weighted by Crippen LogP contribution is 2.64. The molecule has 0 aromatic heterocycles. The summed E-state index contributed by atoms with van der Waals surface area (Å²) in [7, 11) is -6.95. The molecular formula is C28H32ClO5P. The summed E-state index contributed by atoms with van der Waals surface area (Å²) in [5.41, 5.74) is 4.17. The number of halogens is 1. The lowest BCUT2D eigenvalue weighted by molar-refractivity contribution is -2.00. The molecule has 0 saturated heterocycles. The molecule has 0 spiro atoms. The van der Waals surface area contributed by atoms with Crippen LogP contribution in [0.5, 0.6) is 0 Å². The van der Waals surface area contributed by atoms with E-state index >= 15 is 0 Å². The Labute approximate surface area is 210 Å². The van der Waals surface area contributed by atoms with Gasteiger partial charge in [0.1, 0.15) is 29.0 Å². The minimum Gasteiger partial charge on any atom is -0.299 e. The van der Waals surface area contributed by atoms with E-state index < -0.39 is 17.5 Å². The Morgan fingerprint density at radius 3 is 1.31 bits per heavy atom. The molecule has 0 heterocycles. The monoisotopic (exact) mass is 514 g/mol. The van der Waals surface area contributed by atoms with Gasteiger partial charge in [-0.25, -0.2) is 18.6 Å². The molecule has 0 amide bonds. The largest absolute Gasteiger partial charge is 0.299 e. The Bertz CT molecular complexity index is 1010. The van der Waals surface area contributed by atoms with Crippen LogP contribution in [0.1, 0.15) is 42.9 Å². The van der Waals surface area contributed by atoms with Gasteiger partial charge in [0, 0.05) is 6.42 Å². The predicted octanol–water partition coefficient (Wildman–Crippen LogP) is 0.907. The molecule has 0 N–H and O–H groups in total. The van der Waals surface area contributed by atoms with Crippen LogP contribution in [0.4, 0.5) is 0 Å². The maximum absolute atomic E-state index is 12.9. The number of benzene rings is 3. The van der Waals surface area contributed by atoms with E-state index in [1.165, 1.54) is 32.6 Å². The maximum Gasteiger partial charge on any atom is 0.139 e. The Kier molecular flexibility index (Phi) is 8.87. The molecule has 35 heavy (non-hydrogen) atoms. The number of rotatable bonds is 4. The van der Waals surface area contributed by atoms with E-state index in [-0.39, 0.29) is 5.92 Å². The summed E-state index contributed by atoms with van der Waals surface area (Å²) in [5, 5.41) is 4.19. The van der Waals surface area contributed by atoms with E-state index in [4.69, 9.17) is 18.6 Å². The van der Waals surface area contributed by atoms with Crippen LogP contribution in [0, 0.1) is 36.9 Å². The molecule has 3 aromatic carbocycles. The van der Waals surface area contributed by atoms with Crippen molar-refractivity contribution < 1.29 is 33.7 Å². The summed E-state index contributed by atoms with van der Waals surface area (Å²) in [5.74, 6) is 0.512. The maximum atomic E-state index is 12.9. The lowest BCUT2D eigenvalue weighted by Crippen LogP contribution is -2.68. The van der Waals surface area contributed by atoms with E-state index in [2.05, 4.69) is 100 Å². The molecule has 4 rings (SSSR count). The van der Waals surface area contributed by atoms with Crippen LogP contribution in [0.2, 0.25) is 0 Å². The third-order valence-electron chi connectivity index (χ3n) is 6.83. The van der Waals surface area contributed by atoms with Gasteiger partial charge >= 0.3 is 0 Å². The molecule has 3 aromatic rings. The van der Waals surface area contributed by atoms with Gasteiger partial charge in [-0.15, -0.1) is 10.2 Å². The van der Waals surface area contributed by atoms with Gasteiger partial charge in [-0.1, -0.05) is 60.0 Å². The van der Waals surface area contributed by atoms with Gasteiger partial charge in [0.05, 0.1) is 11.6 Å². The molecule has 0 bridgehead atoms. The van der Waals surface area contributed by atoms with E-state index in [9.17, 15) is 4.79 Å².